The fraction of sp³-hybridized carbons (Fsp3) is 0.583. The van der Waals surface area contributed by atoms with Crippen LogP contribution in [0.3, 0.4) is 0 Å². The van der Waals surface area contributed by atoms with Gasteiger partial charge in [-0.3, -0.25) is 0 Å². The number of hydrogen-bond acceptors (Lipinski definition) is 4. The second-order valence-corrected chi connectivity index (χ2v) is 5.02. The molecular formula is C12H18N2OS. The van der Waals surface area contributed by atoms with Gasteiger partial charge in [0.05, 0.1) is 19.3 Å². The second-order valence-electron chi connectivity index (χ2n) is 4.13. The first-order valence-corrected chi connectivity index (χ1v) is 6.55. The lowest BCUT2D eigenvalue weighted by atomic mass is 10.2. The summed E-state index contributed by atoms with van der Waals surface area (Å²) in [5.41, 5.74) is 2.46. The molecule has 2 rings (SSSR count). The van der Waals surface area contributed by atoms with Gasteiger partial charge in [-0.15, -0.1) is 11.3 Å². The van der Waals surface area contributed by atoms with Crippen molar-refractivity contribution in [1.29, 1.82) is 0 Å². The molecule has 88 valence electrons. The number of nitrogens with zero attached hydrogens (tertiary/aromatic N) is 1. The van der Waals surface area contributed by atoms with Gasteiger partial charge in [0, 0.05) is 17.6 Å². The Morgan fingerprint density at radius 1 is 1.62 bits per heavy atom. The Kier molecular flexibility index (Phi) is 4.09. The van der Waals surface area contributed by atoms with Crippen LogP contribution in [-0.4, -0.2) is 24.7 Å². The van der Waals surface area contributed by atoms with Gasteiger partial charge in [-0.05, 0) is 25.8 Å². The molecule has 0 aromatic carbocycles. The Morgan fingerprint density at radius 2 is 2.50 bits per heavy atom. The zero-order chi connectivity index (χ0) is 11.4. The standard InChI is InChI=1S/C12H18N2OS/c1-9-8-16-12(14-9)10(2)13-6-11-4-3-5-15-7-11/h4,8,10,13H,3,5-7H2,1-2H3. The summed E-state index contributed by atoms with van der Waals surface area (Å²) in [5.74, 6) is 0. The van der Waals surface area contributed by atoms with Crippen molar-refractivity contribution in [1.82, 2.24) is 10.3 Å². The Hall–Kier alpha value is -0.710. The van der Waals surface area contributed by atoms with Crippen molar-refractivity contribution in [2.75, 3.05) is 19.8 Å². The Morgan fingerprint density at radius 3 is 3.12 bits per heavy atom. The third-order valence-corrected chi connectivity index (χ3v) is 3.77. The number of aromatic nitrogens is 1. The highest BCUT2D eigenvalue weighted by Gasteiger charge is 2.10. The van der Waals surface area contributed by atoms with E-state index in [2.05, 4.69) is 28.7 Å². The summed E-state index contributed by atoms with van der Waals surface area (Å²) in [5, 5.41) is 6.74. The maximum Gasteiger partial charge on any atom is 0.110 e. The summed E-state index contributed by atoms with van der Waals surface area (Å²) < 4.78 is 5.40. The lowest BCUT2D eigenvalue weighted by molar-refractivity contribution is 0.148. The molecule has 4 heteroatoms. The van der Waals surface area contributed by atoms with Gasteiger partial charge in [0.1, 0.15) is 5.01 Å². The maximum absolute atomic E-state index is 5.40. The van der Waals surface area contributed by atoms with Crippen LogP contribution in [0.25, 0.3) is 0 Å². The predicted molar refractivity (Wildman–Crippen MR) is 66.8 cm³/mol. The van der Waals surface area contributed by atoms with Gasteiger partial charge in [0.25, 0.3) is 0 Å². The summed E-state index contributed by atoms with van der Waals surface area (Å²) in [6.07, 6.45) is 3.32. The molecule has 0 spiro atoms. The van der Waals surface area contributed by atoms with Crippen LogP contribution in [0.15, 0.2) is 17.0 Å². The first-order valence-electron chi connectivity index (χ1n) is 5.67. The van der Waals surface area contributed by atoms with Crippen molar-refractivity contribution in [3.63, 3.8) is 0 Å². The fourth-order valence-electron chi connectivity index (χ4n) is 1.67. The van der Waals surface area contributed by atoms with Crippen LogP contribution in [-0.2, 0) is 4.74 Å². The zero-order valence-electron chi connectivity index (χ0n) is 9.82. The van der Waals surface area contributed by atoms with E-state index in [1.54, 1.807) is 11.3 Å². The largest absolute Gasteiger partial charge is 0.377 e. The summed E-state index contributed by atoms with van der Waals surface area (Å²) >= 11 is 1.72. The van der Waals surface area contributed by atoms with Crippen LogP contribution in [0.4, 0.5) is 0 Å². The number of aryl methyl sites for hydroxylation is 1. The first kappa shape index (κ1) is 11.8. The molecule has 1 atom stereocenters. The van der Waals surface area contributed by atoms with Gasteiger partial charge in [-0.1, -0.05) is 6.08 Å². The fourth-order valence-corrected chi connectivity index (χ4v) is 2.50. The van der Waals surface area contributed by atoms with Gasteiger partial charge < -0.3 is 10.1 Å². The van der Waals surface area contributed by atoms with Crippen molar-refractivity contribution in [3.05, 3.63) is 27.7 Å². The van der Waals surface area contributed by atoms with E-state index in [0.29, 0.717) is 6.04 Å². The lowest BCUT2D eigenvalue weighted by Crippen LogP contribution is -2.24. The minimum absolute atomic E-state index is 0.321. The van der Waals surface area contributed by atoms with Crippen LogP contribution >= 0.6 is 11.3 Å². The van der Waals surface area contributed by atoms with Crippen LogP contribution in [0.2, 0.25) is 0 Å². The second kappa shape index (κ2) is 5.57. The van der Waals surface area contributed by atoms with E-state index in [4.69, 9.17) is 4.74 Å². The van der Waals surface area contributed by atoms with Crippen molar-refractivity contribution in [3.8, 4) is 0 Å². The van der Waals surface area contributed by atoms with E-state index >= 15 is 0 Å². The van der Waals surface area contributed by atoms with E-state index in [1.165, 1.54) is 5.57 Å². The van der Waals surface area contributed by atoms with E-state index in [0.717, 1.165) is 36.9 Å². The van der Waals surface area contributed by atoms with Crippen LogP contribution in [0.5, 0.6) is 0 Å². The molecule has 2 heterocycles. The minimum Gasteiger partial charge on any atom is -0.377 e. The molecule has 1 aliphatic heterocycles. The van der Waals surface area contributed by atoms with Crippen LogP contribution in [0, 0.1) is 6.92 Å². The van der Waals surface area contributed by atoms with Crippen LogP contribution in [0.1, 0.15) is 30.1 Å². The Labute approximate surface area is 101 Å². The minimum atomic E-state index is 0.321. The van der Waals surface area contributed by atoms with Crippen LogP contribution < -0.4 is 5.32 Å². The zero-order valence-corrected chi connectivity index (χ0v) is 10.6. The third kappa shape index (κ3) is 3.14. The van der Waals surface area contributed by atoms with E-state index in [1.807, 2.05) is 6.92 Å². The molecule has 1 aromatic heterocycles. The summed E-state index contributed by atoms with van der Waals surface area (Å²) in [4.78, 5) is 4.48. The van der Waals surface area contributed by atoms with Crippen molar-refractivity contribution >= 4 is 11.3 Å². The molecule has 0 fully saturated rings. The highest BCUT2D eigenvalue weighted by molar-refractivity contribution is 7.09. The quantitative estimate of drug-likeness (QED) is 0.818. The number of hydrogen-bond donors (Lipinski definition) is 1. The molecule has 0 saturated carbocycles. The van der Waals surface area contributed by atoms with Crippen molar-refractivity contribution < 1.29 is 4.74 Å². The predicted octanol–water partition coefficient (Wildman–Crippen LogP) is 2.45. The molecule has 3 nitrogen and oxygen atoms in total. The average Bonchev–Trinajstić information content (AvgIpc) is 2.74. The normalized spacial score (nSPS) is 18.2. The molecule has 0 saturated heterocycles. The summed E-state index contributed by atoms with van der Waals surface area (Å²) in [6.45, 7) is 6.73. The molecule has 0 bridgehead atoms. The SMILES string of the molecule is Cc1csc(C(C)NCC2=CCCOC2)n1. The van der Waals surface area contributed by atoms with E-state index < -0.39 is 0 Å². The molecule has 0 aliphatic carbocycles. The van der Waals surface area contributed by atoms with Gasteiger partial charge in [0.15, 0.2) is 0 Å². The van der Waals surface area contributed by atoms with Gasteiger partial charge in [-0.2, -0.15) is 0 Å². The number of nitrogens with one attached hydrogen (secondary N) is 1. The van der Waals surface area contributed by atoms with Gasteiger partial charge in [0.2, 0.25) is 0 Å². The molecule has 0 radical (unpaired) electrons. The first-order chi connectivity index (χ1) is 7.75. The third-order valence-electron chi connectivity index (χ3n) is 2.63. The molecule has 1 unspecified atom stereocenters. The molecular weight excluding hydrogens is 220 g/mol. The summed E-state index contributed by atoms with van der Waals surface area (Å²) in [6, 6.07) is 0.321. The average molecular weight is 238 g/mol. The smallest absolute Gasteiger partial charge is 0.110 e. The maximum atomic E-state index is 5.40. The molecule has 0 amide bonds. The number of ether oxygens (including phenoxy) is 1. The Bertz CT molecular complexity index is 373. The van der Waals surface area contributed by atoms with Gasteiger partial charge >= 0.3 is 0 Å². The molecule has 1 aliphatic rings. The number of rotatable bonds is 4. The molecule has 1 aromatic rings. The van der Waals surface area contributed by atoms with Crippen molar-refractivity contribution in [2.45, 2.75) is 26.3 Å². The molecule has 16 heavy (non-hydrogen) atoms. The van der Waals surface area contributed by atoms with Crippen molar-refractivity contribution in [2.24, 2.45) is 0 Å². The number of thiazole rings is 1. The highest BCUT2D eigenvalue weighted by Crippen LogP contribution is 2.17. The van der Waals surface area contributed by atoms with E-state index in [-0.39, 0.29) is 0 Å². The Balaban J connectivity index is 1.83. The van der Waals surface area contributed by atoms with Gasteiger partial charge in [-0.25, -0.2) is 4.98 Å². The summed E-state index contributed by atoms with van der Waals surface area (Å²) in [7, 11) is 0. The van der Waals surface area contributed by atoms with E-state index in [9.17, 15) is 0 Å². The lowest BCUT2D eigenvalue weighted by Gasteiger charge is -2.16. The topological polar surface area (TPSA) is 34.1 Å². The monoisotopic (exact) mass is 238 g/mol. The highest BCUT2D eigenvalue weighted by atomic mass is 32.1. The molecule has 1 N–H and O–H groups in total.